The van der Waals surface area contributed by atoms with E-state index in [9.17, 15) is 0 Å². The standard InChI is InChI=1S/C11H26N2/c1-9(2)11(4)13(6)8-7-10(3)12-5/h9-12H,7-8H2,1-6H3. The highest BCUT2D eigenvalue weighted by Crippen LogP contribution is 2.08. The van der Waals surface area contributed by atoms with Gasteiger partial charge in [-0.3, -0.25) is 0 Å². The summed E-state index contributed by atoms with van der Waals surface area (Å²) in [4.78, 5) is 2.44. The van der Waals surface area contributed by atoms with Crippen molar-refractivity contribution >= 4 is 0 Å². The molecule has 0 aromatic carbocycles. The van der Waals surface area contributed by atoms with Gasteiger partial charge in [-0.1, -0.05) is 13.8 Å². The molecular formula is C11H26N2. The van der Waals surface area contributed by atoms with Gasteiger partial charge in [0, 0.05) is 12.1 Å². The Morgan fingerprint density at radius 2 is 1.69 bits per heavy atom. The third kappa shape index (κ3) is 5.27. The van der Waals surface area contributed by atoms with Crippen LogP contribution in [0.25, 0.3) is 0 Å². The van der Waals surface area contributed by atoms with Gasteiger partial charge in [0.05, 0.1) is 0 Å². The second-order valence-electron chi connectivity index (χ2n) is 4.44. The first-order valence-corrected chi connectivity index (χ1v) is 5.36. The molecule has 0 aliphatic carbocycles. The van der Waals surface area contributed by atoms with Crippen LogP contribution < -0.4 is 5.32 Å². The zero-order chi connectivity index (χ0) is 10.4. The highest BCUT2D eigenvalue weighted by atomic mass is 15.1. The number of nitrogens with zero attached hydrogens (tertiary/aromatic N) is 1. The molecule has 0 aliphatic rings. The van der Waals surface area contributed by atoms with Gasteiger partial charge >= 0.3 is 0 Å². The van der Waals surface area contributed by atoms with Crippen molar-refractivity contribution in [2.24, 2.45) is 5.92 Å². The molecule has 2 heteroatoms. The maximum absolute atomic E-state index is 3.26. The van der Waals surface area contributed by atoms with Crippen LogP contribution >= 0.6 is 0 Å². The van der Waals surface area contributed by atoms with E-state index in [2.05, 4.69) is 45.0 Å². The minimum Gasteiger partial charge on any atom is -0.317 e. The molecule has 0 heterocycles. The third-order valence-electron chi connectivity index (χ3n) is 3.07. The first-order valence-electron chi connectivity index (χ1n) is 5.36. The molecule has 0 spiro atoms. The molecule has 80 valence electrons. The molecule has 0 aromatic heterocycles. The summed E-state index contributed by atoms with van der Waals surface area (Å²) < 4.78 is 0. The van der Waals surface area contributed by atoms with Gasteiger partial charge in [-0.25, -0.2) is 0 Å². The maximum atomic E-state index is 3.26. The monoisotopic (exact) mass is 186 g/mol. The second-order valence-corrected chi connectivity index (χ2v) is 4.44. The van der Waals surface area contributed by atoms with E-state index in [-0.39, 0.29) is 0 Å². The average Bonchev–Trinajstić information content (AvgIpc) is 2.11. The summed E-state index contributed by atoms with van der Waals surface area (Å²) in [5, 5.41) is 3.26. The van der Waals surface area contributed by atoms with Crippen molar-refractivity contribution in [2.75, 3.05) is 20.6 Å². The van der Waals surface area contributed by atoms with E-state index in [1.807, 2.05) is 7.05 Å². The Hall–Kier alpha value is -0.0800. The fourth-order valence-electron chi connectivity index (χ4n) is 1.25. The molecule has 0 bridgehead atoms. The third-order valence-corrected chi connectivity index (χ3v) is 3.07. The highest BCUT2D eigenvalue weighted by Gasteiger charge is 2.12. The van der Waals surface area contributed by atoms with Crippen LogP contribution in [-0.2, 0) is 0 Å². The van der Waals surface area contributed by atoms with Gasteiger partial charge in [0.1, 0.15) is 0 Å². The van der Waals surface area contributed by atoms with Crippen LogP contribution in [-0.4, -0.2) is 37.6 Å². The number of nitrogens with one attached hydrogen (secondary N) is 1. The highest BCUT2D eigenvalue weighted by molar-refractivity contribution is 4.68. The average molecular weight is 186 g/mol. The van der Waals surface area contributed by atoms with E-state index in [1.165, 1.54) is 13.0 Å². The quantitative estimate of drug-likeness (QED) is 0.682. The lowest BCUT2D eigenvalue weighted by atomic mass is 10.0. The predicted molar refractivity (Wildman–Crippen MR) is 60.1 cm³/mol. The van der Waals surface area contributed by atoms with Gasteiger partial charge in [0.15, 0.2) is 0 Å². The van der Waals surface area contributed by atoms with Gasteiger partial charge in [-0.15, -0.1) is 0 Å². The molecule has 0 fully saturated rings. The van der Waals surface area contributed by atoms with Crippen molar-refractivity contribution in [2.45, 2.75) is 46.2 Å². The van der Waals surface area contributed by atoms with Gasteiger partial charge in [0.25, 0.3) is 0 Å². The van der Waals surface area contributed by atoms with Crippen LogP contribution in [0.1, 0.15) is 34.1 Å². The molecular weight excluding hydrogens is 160 g/mol. The minimum absolute atomic E-state index is 0.627. The zero-order valence-corrected chi connectivity index (χ0v) is 10.1. The Morgan fingerprint density at radius 1 is 1.15 bits per heavy atom. The Kier molecular flexibility index (Phi) is 6.35. The smallest absolute Gasteiger partial charge is 0.00868 e. The predicted octanol–water partition coefficient (Wildman–Crippen LogP) is 1.96. The lowest BCUT2D eigenvalue weighted by Gasteiger charge is -2.28. The van der Waals surface area contributed by atoms with Crippen LogP contribution in [0.3, 0.4) is 0 Å². The molecule has 13 heavy (non-hydrogen) atoms. The van der Waals surface area contributed by atoms with Crippen LogP contribution in [0.4, 0.5) is 0 Å². The first kappa shape index (κ1) is 12.9. The number of hydrogen-bond acceptors (Lipinski definition) is 2. The van der Waals surface area contributed by atoms with Crippen LogP contribution in [0.5, 0.6) is 0 Å². The molecule has 2 atom stereocenters. The van der Waals surface area contributed by atoms with E-state index < -0.39 is 0 Å². The zero-order valence-electron chi connectivity index (χ0n) is 10.1. The van der Waals surface area contributed by atoms with Gasteiger partial charge in [-0.05, 0) is 46.8 Å². The number of hydrogen-bond donors (Lipinski definition) is 1. The molecule has 0 aromatic rings. The van der Waals surface area contributed by atoms with Gasteiger partial charge < -0.3 is 10.2 Å². The van der Waals surface area contributed by atoms with Crippen LogP contribution in [0, 0.1) is 5.92 Å². The largest absolute Gasteiger partial charge is 0.317 e. The Morgan fingerprint density at radius 3 is 2.08 bits per heavy atom. The lowest BCUT2D eigenvalue weighted by Crippen LogP contribution is -2.36. The summed E-state index contributed by atoms with van der Waals surface area (Å²) in [7, 11) is 4.24. The molecule has 0 rings (SSSR count). The SMILES string of the molecule is CNC(C)CCN(C)C(C)C(C)C. The van der Waals surface area contributed by atoms with Gasteiger partial charge in [0.2, 0.25) is 0 Å². The second kappa shape index (κ2) is 6.39. The topological polar surface area (TPSA) is 15.3 Å². The number of rotatable bonds is 6. The Balaban J connectivity index is 3.67. The molecule has 0 radical (unpaired) electrons. The van der Waals surface area contributed by atoms with E-state index in [0.29, 0.717) is 12.1 Å². The van der Waals surface area contributed by atoms with Crippen molar-refractivity contribution in [3.63, 3.8) is 0 Å². The summed E-state index contributed by atoms with van der Waals surface area (Å²) in [6.45, 7) is 10.3. The van der Waals surface area contributed by atoms with E-state index in [0.717, 1.165) is 5.92 Å². The van der Waals surface area contributed by atoms with Gasteiger partial charge in [-0.2, -0.15) is 0 Å². The molecule has 0 saturated heterocycles. The molecule has 1 N–H and O–H groups in total. The minimum atomic E-state index is 0.627. The normalized spacial score (nSPS) is 16.6. The summed E-state index contributed by atoms with van der Waals surface area (Å²) in [6, 6.07) is 1.31. The molecule has 0 amide bonds. The van der Waals surface area contributed by atoms with Crippen molar-refractivity contribution in [3.05, 3.63) is 0 Å². The summed E-state index contributed by atoms with van der Waals surface area (Å²) >= 11 is 0. The Bertz CT molecular complexity index is 123. The maximum Gasteiger partial charge on any atom is 0.00868 e. The molecule has 0 saturated carbocycles. The summed E-state index contributed by atoms with van der Waals surface area (Å²) in [5.74, 6) is 0.745. The molecule has 2 unspecified atom stereocenters. The van der Waals surface area contributed by atoms with Crippen LogP contribution in [0.2, 0.25) is 0 Å². The van der Waals surface area contributed by atoms with E-state index >= 15 is 0 Å². The van der Waals surface area contributed by atoms with Crippen molar-refractivity contribution in [1.82, 2.24) is 10.2 Å². The van der Waals surface area contributed by atoms with Crippen molar-refractivity contribution in [1.29, 1.82) is 0 Å². The fraction of sp³-hybridized carbons (Fsp3) is 1.00. The molecule has 2 nitrogen and oxygen atoms in total. The molecule has 0 aliphatic heterocycles. The lowest BCUT2D eigenvalue weighted by molar-refractivity contribution is 0.200. The summed E-state index contributed by atoms with van der Waals surface area (Å²) in [5.41, 5.74) is 0. The van der Waals surface area contributed by atoms with Crippen molar-refractivity contribution in [3.8, 4) is 0 Å². The van der Waals surface area contributed by atoms with E-state index in [1.54, 1.807) is 0 Å². The Labute approximate surface area is 83.7 Å². The van der Waals surface area contributed by atoms with Crippen molar-refractivity contribution < 1.29 is 0 Å². The van der Waals surface area contributed by atoms with E-state index in [4.69, 9.17) is 0 Å². The fourth-order valence-corrected chi connectivity index (χ4v) is 1.25. The first-order chi connectivity index (χ1) is 5.99. The van der Waals surface area contributed by atoms with Crippen LogP contribution in [0.15, 0.2) is 0 Å². The summed E-state index contributed by atoms with van der Waals surface area (Å²) in [6.07, 6.45) is 1.23.